The normalized spacial score (nSPS) is 11.9. The van der Waals surface area contributed by atoms with Crippen LogP contribution in [0.1, 0.15) is 19.0 Å². The van der Waals surface area contributed by atoms with E-state index in [1.165, 1.54) is 17.4 Å². The molecule has 0 aliphatic rings. The van der Waals surface area contributed by atoms with Gasteiger partial charge in [-0.05, 0) is 6.42 Å². The maximum absolute atomic E-state index is 12.0. The van der Waals surface area contributed by atoms with E-state index in [-0.39, 0.29) is 19.6 Å². The molecule has 4 N–H and O–H groups in total. The van der Waals surface area contributed by atoms with Crippen molar-refractivity contribution < 1.29 is 19.8 Å². The number of carboxylic acid groups (broad SMARTS) is 1. The van der Waals surface area contributed by atoms with Crippen LogP contribution in [0.2, 0.25) is 0 Å². The number of nitrogens with one attached hydrogen (secondary N) is 2. The minimum absolute atomic E-state index is 0.125. The maximum atomic E-state index is 12.0. The molecule has 1 atom stereocenters. The van der Waals surface area contributed by atoms with Gasteiger partial charge in [0.15, 0.2) is 0 Å². The van der Waals surface area contributed by atoms with Gasteiger partial charge in [-0.3, -0.25) is 0 Å². The molecule has 0 radical (unpaired) electrons. The van der Waals surface area contributed by atoms with Gasteiger partial charge in [0, 0.05) is 31.4 Å². The van der Waals surface area contributed by atoms with Gasteiger partial charge in [-0.25, -0.2) is 14.6 Å². The SMILES string of the molecule is CCCN(CCO)C(=O)NC(Cc1cnc[nH]1)C(=O)O. The van der Waals surface area contributed by atoms with Crippen molar-refractivity contribution in [2.24, 2.45) is 0 Å². The molecule has 1 aromatic heterocycles. The fourth-order valence-corrected chi connectivity index (χ4v) is 1.76. The Morgan fingerprint density at radius 1 is 1.50 bits per heavy atom. The topological polar surface area (TPSA) is 119 Å². The molecule has 8 heteroatoms. The quantitative estimate of drug-likeness (QED) is 0.528. The number of hydrogen-bond acceptors (Lipinski definition) is 4. The van der Waals surface area contributed by atoms with E-state index in [1.807, 2.05) is 6.92 Å². The van der Waals surface area contributed by atoms with Crippen LogP contribution < -0.4 is 5.32 Å². The predicted octanol–water partition coefficient (Wildman–Crippen LogP) is -0.181. The van der Waals surface area contributed by atoms with Crippen LogP contribution in [0.5, 0.6) is 0 Å². The monoisotopic (exact) mass is 284 g/mol. The number of carbonyl (C=O) groups is 2. The van der Waals surface area contributed by atoms with Crippen molar-refractivity contribution in [3.63, 3.8) is 0 Å². The second-order valence-electron chi connectivity index (χ2n) is 4.33. The van der Waals surface area contributed by atoms with E-state index >= 15 is 0 Å². The van der Waals surface area contributed by atoms with Gasteiger partial charge >= 0.3 is 12.0 Å². The third-order valence-corrected chi connectivity index (χ3v) is 2.73. The summed E-state index contributed by atoms with van der Waals surface area (Å²) in [4.78, 5) is 31.2. The lowest BCUT2D eigenvalue weighted by Crippen LogP contribution is -2.49. The van der Waals surface area contributed by atoms with Gasteiger partial charge in [-0.2, -0.15) is 0 Å². The Hall–Kier alpha value is -2.09. The standard InChI is InChI=1S/C12H20N4O4/c1-2-3-16(4-5-17)12(20)15-10(11(18)19)6-9-7-13-8-14-9/h7-8,10,17H,2-6H2,1H3,(H,13,14)(H,15,20)(H,18,19). The summed E-state index contributed by atoms with van der Waals surface area (Å²) < 4.78 is 0. The van der Waals surface area contributed by atoms with E-state index in [2.05, 4.69) is 15.3 Å². The van der Waals surface area contributed by atoms with Crippen LogP contribution in [0.15, 0.2) is 12.5 Å². The van der Waals surface area contributed by atoms with Gasteiger partial charge < -0.3 is 25.4 Å². The van der Waals surface area contributed by atoms with Crippen LogP contribution in [0.25, 0.3) is 0 Å². The molecule has 0 aliphatic carbocycles. The summed E-state index contributed by atoms with van der Waals surface area (Å²) >= 11 is 0. The molecular weight excluding hydrogens is 264 g/mol. The minimum atomic E-state index is -1.12. The number of aliphatic hydroxyl groups is 1. The fraction of sp³-hybridized carbons (Fsp3) is 0.583. The molecule has 1 unspecified atom stereocenters. The van der Waals surface area contributed by atoms with Crippen molar-refractivity contribution in [2.75, 3.05) is 19.7 Å². The summed E-state index contributed by atoms with van der Waals surface area (Å²) in [6.07, 6.45) is 3.82. The average Bonchev–Trinajstić information content (AvgIpc) is 2.90. The summed E-state index contributed by atoms with van der Waals surface area (Å²) in [6.45, 7) is 2.38. The third kappa shape index (κ3) is 4.88. The summed E-state index contributed by atoms with van der Waals surface area (Å²) in [5, 5.41) is 20.5. The lowest BCUT2D eigenvalue weighted by Gasteiger charge is -2.24. The second-order valence-corrected chi connectivity index (χ2v) is 4.33. The second kappa shape index (κ2) is 8.16. The first-order valence-corrected chi connectivity index (χ1v) is 6.44. The smallest absolute Gasteiger partial charge is 0.326 e. The number of aliphatic carboxylic acids is 1. The van der Waals surface area contributed by atoms with Crippen molar-refractivity contribution in [2.45, 2.75) is 25.8 Å². The molecule has 0 spiro atoms. The first-order chi connectivity index (χ1) is 9.58. The number of rotatable bonds is 8. The highest BCUT2D eigenvalue weighted by molar-refractivity contribution is 5.82. The van der Waals surface area contributed by atoms with Crippen LogP contribution in [0, 0.1) is 0 Å². The molecule has 112 valence electrons. The van der Waals surface area contributed by atoms with Gasteiger partial charge in [-0.15, -0.1) is 0 Å². The lowest BCUT2D eigenvalue weighted by molar-refractivity contribution is -0.139. The maximum Gasteiger partial charge on any atom is 0.326 e. The van der Waals surface area contributed by atoms with Gasteiger partial charge in [-0.1, -0.05) is 6.92 Å². The molecule has 1 heterocycles. The number of imidazole rings is 1. The Balaban J connectivity index is 2.64. The zero-order valence-electron chi connectivity index (χ0n) is 11.4. The molecule has 0 fully saturated rings. The molecule has 1 rings (SSSR count). The average molecular weight is 284 g/mol. The van der Waals surface area contributed by atoms with Crippen molar-refractivity contribution in [1.82, 2.24) is 20.2 Å². The van der Waals surface area contributed by atoms with Crippen LogP contribution in [0.4, 0.5) is 4.79 Å². The van der Waals surface area contributed by atoms with Crippen molar-refractivity contribution in [1.29, 1.82) is 0 Å². The highest BCUT2D eigenvalue weighted by atomic mass is 16.4. The Morgan fingerprint density at radius 3 is 2.75 bits per heavy atom. The zero-order valence-corrected chi connectivity index (χ0v) is 11.4. The number of H-pyrrole nitrogens is 1. The molecule has 0 aromatic carbocycles. The summed E-state index contributed by atoms with van der Waals surface area (Å²) in [7, 11) is 0. The largest absolute Gasteiger partial charge is 0.480 e. The van der Waals surface area contributed by atoms with Crippen LogP contribution in [-0.4, -0.2) is 62.8 Å². The predicted molar refractivity (Wildman–Crippen MR) is 71.2 cm³/mol. The highest BCUT2D eigenvalue weighted by Crippen LogP contribution is 2.01. The van der Waals surface area contributed by atoms with E-state index in [0.29, 0.717) is 12.2 Å². The Kier molecular flexibility index (Phi) is 6.51. The molecule has 0 bridgehead atoms. The molecule has 0 saturated carbocycles. The van der Waals surface area contributed by atoms with Crippen LogP contribution in [0.3, 0.4) is 0 Å². The number of aromatic nitrogens is 2. The molecule has 8 nitrogen and oxygen atoms in total. The Labute approximate surface area is 116 Å². The molecule has 1 aromatic rings. The number of aliphatic hydroxyl groups excluding tert-OH is 1. The minimum Gasteiger partial charge on any atom is -0.480 e. The van der Waals surface area contributed by atoms with Gasteiger partial charge in [0.1, 0.15) is 6.04 Å². The van der Waals surface area contributed by atoms with Gasteiger partial charge in [0.05, 0.1) is 12.9 Å². The number of hydrogen-bond donors (Lipinski definition) is 4. The van der Waals surface area contributed by atoms with E-state index in [1.54, 1.807) is 0 Å². The summed E-state index contributed by atoms with van der Waals surface area (Å²) in [6, 6.07) is -1.53. The number of nitrogens with zero attached hydrogens (tertiary/aromatic N) is 2. The van der Waals surface area contributed by atoms with Crippen molar-refractivity contribution in [3.05, 3.63) is 18.2 Å². The number of urea groups is 1. The van der Waals surface area contributed by atoms with Crippen LogP contribution in [-0.2, 0) is 11.2 Å². The number of amides is 2. The van der Waals surface area contributed by atoms with Crippen molar-refractivity contribution in [3.8, 4) is 0 Å². The third-order valence-electron chi connectivity index (χ3n) is 2.73. The van der Waals surface area contributed by atoms with Crippen molar-refractivity contribution >= 4 is 12.0 Å². The number of carbonyl (C=O) groups excluding carboxylic acids is 1. The van der Waals surface area contributed by atoms with Crippen LogP contribution >= 0.6 is 0 Å². The Bertz CT molecular complexity index is 415. The zero-order chi connectivity index (χ0) is 15.0. The van der Waals surface area contributed by atoms with E-state index in [9.17, 15) is 9.59 Å². The first kappa shape index (κ1) is 16.0. The highest BCUT2D eigenvalue weighted by Gasteiger charge is 2.23. The molecule has 0 aliphatic heterocycles. The lowest BCUT2D eigenvalue weighted by atomic mass is 10.1. The fourth-order valence-electron chi connectivity index (χ4n) is 1.76. The number of carboxylic acids is 1. The van der Waals surface area contributed by atoms with E-state index in [0.717, 1.165) is 6.42 Å². The van der Waals surface area contributed by atoms with Gasteiger partial charge in [0.25, 0.3) is 0 Å². The summed E-state index contributed by atoms with van der Waals surface area (Å²) in [5.74, 6) is -1.12. The number of aromatic amines is 1. The first-order valence-electron chi connectivity index (χ1n) is 6.44. The van der Waals surface area contributed by atoms with Gasteiger partial charge in [0.2, 0.25) is 0 Å². The van der Waals surface area contributed by atoms with E-state index < -0.39 is 18.0 Å². The molecule has 2 amide bonds. The molecule has 0 saturated heterocycles. The van der Waals surface area contributed by atoms with E-state index in [4.69, 9.17) is 10.2 Å². The molecular formula is C12H20N4O4. The summed E-state index contributed by atoms with van der Waals surface area (Å²) in [5.41, 5.74) is 0.627. The molecule has 20 heavy (non-hydrogen) atoms. The Morgan fingerprint density at radius 2 is 2.25 bits per heavy atom.